The minimum Gasteiger partial charge on any atom is -0.496 e. The Morgan fingerprint density at radius 2 is 1.92 bits per heavy atom. The van der Waals surface area contributed by atoms with E-state index in [-0.39, 0.29) is 5.91 Å². The van der Waals surface area contributed by atoms with Gasteiger partial charge in [-0.2, -0.15) is 0 Å². The third-order valence-corrected chi connectivity index (χ3v) is 4.69. The molecule has 0 saturated carbocycles. The number of carbonyl (C=O) groups is 1. The molecule has 0 aliphatic rings. The summed E-state index contributed by atoms with van der Waals surface area (Å²) in [4.78, 5) is 16.7. The predicted molar refractivity (Wildman–Crippen MR) is 102 cm³/mol. The van der Waals surface area contributed by atoms with Crippen molar-refractivity contribution in [2.45, 2.75) is 20.3 Å². The lowest BCUT2D eigenvalue weighted by Crippen LogP contribution is -2.14. The second kappa shape index (κ2) is 7.49. The molecule has 25 heavy (non-hydrogen) atoms. The lowest BCUT2D eigenvalue weighted by atomic mass is 10.1. The van der Waals surface area contributed by atoms with Crippen LogP contribution in [0.2, 0.25) is 0 Å². The zero-order valence-corrected chi connectivity index (χ0v) is 15.3. The van der Waals surface area contributed by atoms with Gasteiger partial charge in [-0.3, -0.25) is 4.79 Å². The fourth-order valence-electron chi connectivity index (χ4n) is 2.59. The van der Waals surface area contributed by atoms with E-state index in [2.05, 4.69) is 10.3 Å². The summed E-state index contributed by atoms with van der Waals surface area (Å²) in [6, 6.07) is 13.6. The number of carbonyl (C=O) groups excluding carboxylic acids is 1. The summed E-state index contributed by atoms with van der Waals surface area (Å²) in [5.74, 6) is 0.747. The molecule has 1 amide bonds. The number of hydrogen-bond donors (Lipinski definition) is 1. The molecule has 0 bridgehead atoms. The number of thiazole rings is 1. The van der Waals surface area contributed by atoms with Crippen LogP contribution in [-0.2, 0) is 11.2 Å². The van der Waals surface area contributed by atoms with E-state index in [0.717, 1.165) is 38.8 Å². The van der Waals surface area contributed by atoms with E-state index >= 15 is 0 Å². The second-order valence-electron chi connectivity index (χ2n) is 5.86. The second-order valence-corrected chi connectivity index (χ2v) is 6.92. The summed E-state index contributed by atoms with van der Waals surface area (Å²) < 4.78 is 5.31. The molecule has 0 aliphatic heterocycles. The first-order valence-corrected chi connectivity index (χ1v) is 8.89. The lowest BCUT2D eigenvalue weighted by molar-refractivity contribution is -0.115. The summed E-state index contributed by atoms with van der Waals surface area (Å²) >= 11 is 1.63. The normalized spacial score (nSPS) is 10.5. The summed E-state index contributed by atoms with van der Waals surface area (Å²) in [7, 11) is 1.64. The Morgan fingerprint density at radius 1 is 1.16 bits per heavy atom. The van der Waals surface area contributed by atoms with Crippen molar-refractivity contribution in [1.29, 1.82) is 0 Å². The van der Waals surface area contributed by atoms with E-state index in [0.29, 0.717) is 6.42 Å². The molecule has 1 heterocycles. The Labute approximate surface area is 151 Å². The van der Waals surface area contributed by atoms with Gasteiger partial charge in [0.05, 0.1) is 24.2 Å². The van der Waals surface area contributed by atoms with E-state index in [4.69, 9.17) is 4.74 Å². The topological polar surface area (TPSA) is 51.2 Å². The molecule has 5 heteroatoms. The highest BCUT2D eigenvalue weighted by Crippen LogP contribution is 2.23. The molecule has 0 fully saturated rings. The standard InChI is InChI=1S/C20H20N2O2S/c1-13-4-5-15(10-19(13)24-3)11-20(23)22-17-8-6-16(7-9-17)18-12-25-14(2)21-18/h4-10,12H,11H2,1-3H3,(H,22,23). The Balaban J connectivity index is 1.65. The van der Waals surface area contributed by atoms with Crippen molar-refractivity contribution in [2.75, 3.05) is 12.4 Å². The SMILES string of the molecule is COc1cc(CC(=O)Nc2ccc(-c3csc(C)n3)cc2)ccc1C. The average Bonchev–Trinajstić information content (AvgIpc) is 3.03. The highest BCUT2D eigenvalue weighted by molar-refractivity contribution is 7.09. The third-order valence-electron chi connectivity index (χ3n) is 3.92. The van der Waals surface area contributed by atoms with Gasteiger partial charge >= 0.3 is 0 Å². The molecule has 0 spiro atoms. The molecule has 0 aliphatic carbocycles. The first kappa shape index (κ1) is 17.2. The zero-order chi connectivity index (χ0) is 17.8. The van der Waals surface area contributed by atoms with Gasteiger partial charge in [0.2, 0.25) is 5.91 Å². The highest BCUT2D eigenvalue weighted by atomic mass is 32.1. The van der Waals surface area contributed by atoms with E-state index in [9.17, 15) is 4.79 Å². The molecular formula is C20H20N2O2S. The Hall–Kier alpha value is -2.66. The van der Waals surface area contributed by atoms with Crippen LogP contribution in [0.3, 0.4) is 0 Å². The number of benzene rings is 2. The molecule has 0 atom stereocenters. The van der Waals surface area contributed by atoms with Crippen molar-refractivity contribution in [1.82, 2.24) is 4.98 Å². The van der Waals surface area contributed by atoms with Gasteiger partial charge in [-0.05, 0) is 43.2 Å². The van der Waals surface area contributed by atoms with Gasteiger partial charge in [-0.1, -0.05) is 24.3 Å². The Bertz CT molecular complexity index is 885. The van der Waals surface area contributed by atoms with E-state index in [1.54, 1.807) is 18.4 Å². The number of anilines is 1. The van der Waals surface area contributed by atoms with Crippen LogP contribution in [-0.4, -0.2) is 18.0 Å². The van der Waals surface area contributed by atoms with Crippen LogP contribution in [0.4, 0.5) is 5.69 Å². The maximum atomic E-state index is 12.3. The van der Waals surface area contributed by atoms with Crippen LogP contribution < -0.4 is 10.1 Å². The van der Waals surface area contributed by atoms with Crippen LogP contribution in [0.15, 0.2) is 47.8 Å². The molecule has 0 unspecified atom stereocenters. The number of methoxy groups -OCH3 is 1. The molecule has 4 nitrogen and oxygen atoms in total. The lowest BCUT2D eigenvalue weighted by Gasteiger charge is -2.09. The molecule has 3 aromatic rings. The van der Waals surface area contributed by atoms with Crippen LogP contribution in [0, 0.1) is 13.8 Å². The third kappa shape index (κ3) is 4.25. The van der Waals surface area contributed by atoms with E-state index in [1.807, 2.05) is 61.7 Å². The summed E-state index contributed by atoms with van der Waals surface area (Å²) in [5.41, 5.74) is 4.77. The smallest absolute Gasteiger partial charge is 0.228 e. The Kier molecular flexibility index (Phi) is 5.14. The summed E-state index contributed by atoms with van der Waals surface area (Å²) in [6.07, 6.45) is 0.309. The molecule has 2 aromatic carbocycles. The van der Waals surface area contributed by atoms with Crippen LogP contribution >= 0.6 is 11.3 Å². The van der Waals surface area contributed by atoms with Crippen LogP contribution in [0.1, 0.15) is 16.1 Å². The van der Waals surface area contributed by atoms with Crippen LogP contribution in [0.5, 0.6) is 5.75 Å². The van der Waals surface area contributed by atoms with E-state index in [1.165, 1.54) is 0 Å². The molecule has 1 aromatic heterocycles. The average molecular weight is 352 g/mol. The van der Waals surface area contributed by atoms with Crippen molar-refractivity contribution in [2.24, 2.45) is 0 Å². The number of nitrogens with one attached hydrogen (secondary N) is 1. The molecule has 0 saturated heterocycles. The van der Waals surface area contributed by atoms with E-state index < -0.39 is 0 Å². The molecule has 128 valence electrons. The van der Waals surface area contributed by atoms with Gasteiger partial charge in [0.15, 0.2) is 0 Å². The number of rotatable bonds is 5. The van der Waals surface area contributed by atoms with Crippen molar-refractivity contribution >= 4 is 22.9 Å². The van der Waals surface area contributed by atoms with Crippen molar-refractivity contribution in [3.63, 3.8) is 0 Å². The molecular weight excluding hydrogens is 332 g/mol. The number of amides is 1. The van der Waals surface area contributed by atoms with Gasteiger partial charge < -0.3 is 10.1 Å². The van der Waals surface area contributed by atoms with Crippen molar-refractivity contribution in [3.8, 4) is 17.0 Å². The maximum absolute atomic E-state index is 12.3. The van der Waals surface area contributed by atoms with Gasteiger partial charge in [0, 0.05) is 16.6 Å². The van der Waals surface area contributed by atoms with Crippen molar-refractivity contribution < 1.29 is 9.53 Å². The maximum Gasteiger partial charge on any atom is 0.228 e. The molecule has 3 rings (SSSR count). The number of ether oxygens (including phenoxy) is 1. The number of aryl methyl sites for hydroxylation is 2. The Morgan fingerprint density at radius 3 is 2.56 bits per heavy atom. The fraction of sp³-hybridized carbons (Fsp3) is 0.200. The van der Waals surface area contributed by atoms with Gasteiger partial charge in [-0.25, -0.2) is 4.98 Å². The minimum atomic E-state index is -0.0526. The highest BCUT2D eigenvalue weighted by Gasteiger charge is 2.08. The largest absolute Gasteiger partial charge is 0.496 e. The zero-order valence-electron chi connectivity index (χ0n) is 14.5. The number of hydrogen-bond acceptors (Lipinski definition) is 4. The van der Waals surface area contributed by atoms with Gasteiger partial charge in [-0.15, -0.1) is 11.3 Å². The number of aromatic nitrogens is 1. The quantitative estimate of drug-likeness (QED) is 0.729. The monoisotopic (exact) mass is 352 g/mol. The minimum absolute atomic E-state index is 0.0526. The molecule has 0 radical (unpaired) electrons. The van der Waals surface area contributed by atoms with Crippen molar-refractivity contribution in [3.05, 3.63) is 64.0 Å². The fourth-order valence-corrected chi connectivity index (χ4v) is 3.21. The van der Waals surface area contributed by atoms with Gasteiger partial charge in [0.25, 0.3) is 0 Å². The van der Waals surface area contributed by atoms with Crippen LogP contribution in [0.25, 0.3) is 11.3 Å². The van der Waals surface area contributed by atoms with Gasteiger partial charge in [0.1, 0.15) is 5.75 Å². The molecule has 1 N–H and O–H groups in total. The summed E-state index contributed by atoms with van der Waals surface area (Å²) in [6.45, 7) is 3.97. The first-order valence-electron chi connectivity index (χ1n) is 8.01. The number of nitrogens with zero attached hydrogens (tertiary/aromatic N) is 1. The summed E-state index contributed by atoms with van der Waals surface area (Å²) in [5, 5.41) is 6.01. The first-order chi connectivity index (χ1) is 12.0. The predicted octanol–water partition coefficient (Wildman–Crippen LogP) is 4.62.